The van der Waals surface area contributed by atoms with Crippen molar-refractivity contribution < 1.29 is 17.9 Å². The smallest absolute Gasteiger partial charge is 0.244 e. The van der Waals surface area contributed by atoms with Gasteiger partial charge in [0.15, 0.2) is 0 Å². The van der Waals surface area contributed by atoms with Crippen molar-refractivity contribution in [3.8, 4) is 5.75 Å². The Bertz CT molecular complexity index is 473. The monoisotopic (exact) mass is 260 g/mol. The normalized spacial score (nSPS) is 11.4. The summed E-state index contributed by atoms with van der Waals surface area (Å²) in [7, 11) is -0.735. The number of nitrogens with one attached hydrogen (secondary N) is 1. The molecule has 0 aliphatic carbocycles. The molecule has 17 heavy (non-hydrogen) atoms. The van der Waals surface area contributed by atoms with E-state index in [1.54, 1.807) is 6.07 Å². The van der Waals surface area contributed by atoms with Crippen LogP contribution in [0.1, 0.15) is 0 Å². The summed E-state index contributed by atoms with van der Waals surface area (Å²) in [5.74, 6) is 0.254. The molecule has 0 saturated heterocycles. The minimum Gasteiger partial charge on any atom is -0.495 e. The number of sulfonamides is 1. The molecule has 0 aromatic heterocycles. The number of anilines is 1. The van der Waals surface area contributed by atoms with Gasteiger partial charge < -0.3 is 15.2 Å². The first-order valence-electron chi connectivity index (χ1n) is 4.93. The van der Waals surface area contributed by atoms with E-state index in [4.69, 9.17) is 15.2 Å². The highest BCUT2D eigenvalue weighted by molar-refractivity contribution is 7.89. The van der Waals surface area contributed by atoms with Crippen LogP contribution < -0.4 is 15.2 Å². The van der Waals surface area contributed by atoms with Crippen molar-refractivity contribution in [2.45, 2.75) is 4.90 Å². The number of hydrogen-bond donors (Lipinski definition) is 2. The van der Waals surface area contributed by atoms with Crippen LogP contribution >= 0.6 is 0 Å². The second-order valence-corrected chi connectivity index (χ2v) is 5.04. The Kier molecular flexibility index (Phi) is 4.73. The van der Waals surface area contributed by atoms with Crippen molar-refractivity contribution in [3.63, 3.8) is 0 Å². The van der Waals surface area contributed by atoms with Crippen molar-refractivity contribution in [2.24, 2.45) is 0 Å². The molecule has 7 heteroatoms. The van der Waals surface area contributed by atoms with Gasteiger partial charge in [-0.3, -0.25) is 0 Å². The van der Waals surface area contributed by atoms with Gasteiger partial charge in [-0.15, -0.1) is 0 Å². The molecule has 0 radical (unpaired) electrons. The van der Waals surface area contributed by atoms with Gasteiger partial charge in [0.1, 0.15) is 10.6 Å². The van der Waals surface area contributed by atoms with Gasteiger partial charge in [-0.05, 0) is 18.2 Å². The van der Waals surface area contributed by atoms with Crippen LogP contribution in [0.4, 0.5) is 5.69 Å². The molecule has 96 valence electrons. The van der Waals surface area contributed by atoms with E-state index in [2.05, 4.69) is 4.72 Å². The van der Waals surface area contributed by atoms with Gasteiger partial charge in [0.05, 0.1) is 13.7 Å². The number of nitrogens with two attached hydrogens (primary N) is 1. The molecule has 0 aliphatic heterocycles. The Hall–Kier alpha value is -1.31. The summed E-state index contributed by atoms with van der Waals surface area (Å²) in [5, 5.41) is 0. The third-order valence-electron chi connectivity index (χ3n) is 2.08. The lowest BCUT2D eigenvalue weighted by Crippen LogP contribution is -2.27. The van der Waals surface area contributed by atoms with Gasteiger partial charge in [-0.1, -0.05) is 0 Å². The average molecular weight is 260 g/mol. The fourth-order valence-electron chi connectivity index (χ4n) is 1.26. The minimum absolute atomic E-state index is 0.0242. The van der Waals surface area contributed by atoms with Crippen molar-refractivity contribution in [3.05, 3.63) is 18.2 Å². The number of benzene rings is 1. The molecule has 0 spiro atoms. The van der Waals surface area contributed by atoms with E-state index in [0.717, 1.165) is 0 Å². The Morgan fingerprint density at radius 3 is 2.65 bits per heavy atom. The highest BCUT2D eigenvalue weighted by Gasteiger charge is 2.19. The molecule has 1 rings (SSSR count). The molecule has 0 saturated carbocycles. The van der Waals surface area contributed by atoms with E-state index in [0.29, 0.717) is 12.3 Å². The first kappa shape index (κ1) is 13.8. The number of ether oxygens (including phenoxy) is 2. The third kappa shape index (κ3) is 3.58. The van der Waals surface area contributed by atoms with Gasteiger partial charge in [-0.2, -0.15) is 0 Å². The van der Waals surface area contributed by atoms with Crippen LogP contribution in [0.2, 0.25) is 0 Å². The molecule has 0 aliphatic rings. The quantitative estimate of drug-likeness (QED) is 0.563. The zero-order valence-corrected chi connectivity index (χ0v) is 10.6. The fourth-order valence-corrected chi connectivity index (χ4v) is 2.47. The number of methoxy groups -OCH3 is 2. The zero-order valence-electron chi connectivity index (χ0n) is 9.76. The zero-order chi connectivity index (χ0) is 12.9. The molecular weight excluding hydrogens is 244 g/mol. The number of rotatable bonds is 6. The van der Waals surface area contributed by atoms with Gasteiger partial charge in [0, 0.05) is 19.3 Å². The lowest BCUT2D eigenvalue weighted by molar-refractivity contribution is 0.204. The molecule has 6 nitrogen and oxygen atoms in total. The fraction of sp³-hybridized carbons (Fsp3) is 0.400. The Balaban J connectivity index is 3.00. The van der Waals surface area contributed by atoms with Gasteiger partial charge >= 0.3 is 0 Å². The van der Waals surface area contributed by atoms with Crippen LogP contribution in [0.5, 0.6) is 5.75 Å². The van der Waals surface area contributed by atoms with Crippen LogP contribution in [0.3, 0.4) is 0 Å². The summed E-state index contributed by atoms with van der Waals surface area (Å²) in [6.07, 6.45) is 0. The maximum absolute atomic E-state index is 11.9. The van der Waals surface area contributed by atoms with E-state index < -0.39 is 10.0 Å². The van der Waals surface area contributed by atoms with Crippen molar-refractivity contribution in [1.82, 2.24) is 4.72 Å². The molecule has 0 fully saturated rings. The maximum Gasteiger partial charge on any atom is 0.244 e. The summed E-state index contributed by atoms with van der Waals surface area (Å²) in [6, 6.07) is 4.45. The molecule has 0 heterocycles. The lowest BCUT2D eigenvalue weighted by atomic mass is 10.3. The molecular formula is C10H16N2O4S. The third-order valence-corrected chi connectivity index (χ3v) is 3.56. The molecule has 3 N–H and O–H groups in total. The highest BCUT2D eigenvalue weighted by atomic mass is 32.2. The van der Waals surface area contributed by atoms with Gasteiger partial charge in [0.25, 0.3) is 0 Å². The Morgan fingerprint density at radius 2 is 2.06 bits per heavy atom. The van der Waals surface area contributed by atoms with Crippen LogP contribution in [-0.2, 0) is 14.8 Å². The van der Waals surface area contributed by atoms with Crippen LogP contribution in [0.15, 0.2) is 23.1 Å². The summed E-state index contributed by atoms with van der Waals surface area (Å²) in [6.45, 7) is 0.487. The van der Waals surface area contributed by atoms with Crippen LogP contribution in [0.25, 0.3) is 0 Å². The first-order chi connectivity index (χ1) is 8.01. The van der Waals surface area contributed by atoms with E-state index in [9.17, 15) is 8.42 Å². The topological polar surface area (TPSA) is 90.7 Å². The first-order valence-corrected chi connectivity index (χ1v) is 6.41. The Morgan fingerprint density at radius 1 is 1.35 bits per heavy atom. The molecule has 0 unspecified atom stereocenters. The van der Waals surface area contributed by atoms with E-state index in [1.165, 1.54) is 26.4 Å². The SMILES string of the molecule is COCCNS(=O)(=O)c1cc(N)ccc1OC. The summed E-state index contributed by atoms with van der Waals surface area (Å²) < 4.78 is 36.0. The van der Waals surface area contributed by atoms with Gasteiger partial charge in [0.2, 0.25) is 10.0 Å². The van der Waals surface area contributed by atoms with Crippen molar-refractivity contribution >= 4 is 15.7 Å². The summed E-state index contributed by atoms with van der Waals surface area (Å²) >= 11 is 0. The molecule has 1 aromatic rings. The number of nitrogen functional groups attached to an aromatic ring is 1. The second-order valence-electron chi connectivity index (χ2n) is 3.30. The second kappa shape index (κ2) is 5.85. The lowest BCUT2D eigenvalue weighted by Gasteiger charge is -2.11. The van der Waals surface area contributed by atoms with E-state index >= 15 is 0 Å². The summed E-state index contributed by atoms with van der Waals surface area (Å²) in [5.41, 5.74) is 5.92. The summed E-state index contributed by atoms with van der Waals surface area (Å²) in [4.78, 5) is 0.0242. The van der Waals surface area contributed by atoms with Crippen molar-refractivity contribution in [1.29, 1.82) is 0 Å². The van der Waals surface area contributed by atoms with Crippen LogP contribution in [0, 0.1) is 0 Å². The average Bonchev–Trinajstić information content (AvgIpc) is 2.29. The molecule has 0 atom stereocenters. The minimum atomic E-state index is -3.63. The van der Waals surface area contributed by atoms with Gasteiger partial charge in [-0.25, -0.2) is 13.1 Å². The highest BCUT2D eigenvalue weighted by Crippen LogP contribution is 2.25. The standard InChI is InChI=1S/C10H16N2O4S/c1-15-6-5-12-17(13,14)10-7-8(11)3-4-9(10)16-2/h3-4,7,12H,5-6,11H2,1-2H3. The molecule has 0 amide bonds. The Labute approximate surface area is 101 Å². The van der Waals surface area contributed by atoms with Crippen LogP contribution in [-0.4, -0.2) is 35.8 Å². The molecule has 0 bridgehead atoms. The van der Waals surface area contributed by atoms with E-state index in [1.807, 2.05) is 0 Å². The predicted molar refractivity (Wildman–Crippen MR) is 64.5 cm³/mol. The molecule has 1 aromatic carbocycles. The van der Waals surface area contributed by atoms with Crippen molar-refractivity contribution in [2.75, 3.05) is 33.1 Å². The maximum atomic E-state index is 11.9. The largest absolute Gasteiger partial charge is 0.495 e. The van der Waals surface area contributed by atoms with E-state index in [-0.39, 0.29) is 17.2 Å². The number of hydrogen-bond acceptors (Lipinski definition) is 5. The predicted octanol–water partition coefficient (Wildman–Crippen LogP) is 0.202.